The van der Waals surface area contributed by atoms with Gasteiger partial charge in [-0.15, -0.1) is 0 Å². The Hall–Kier alpha value is -2.24. The van der Waals surface area contributed by atoms with Gasteiger partial charge in [-0.3, -0.25) is 4.79 Å². The van der Waals surface area contributed by atoms with Gasteiger partial charge in [0, 0.05) is 14.3 Å². The minimum Gasteiger partial charge on any atom is -0.486 e. The van der Waals surface area contributed by atoms with E-state index in [-0.39, 0.29) is 15.6 Å². The molecule has 0 unspecified atom stereocenters. The van der Waals surface area contributed by atoms with Crippen molar-refractivity contribution in [3.8, 4) is 11.8 Å². The van der Waals surface area contributed by atoms with Crippen molar-refractivity contribution >= 4 is 75.1 Å². The van der Waals surface area contributed by atoms with E-state index < -0.39 is 5.91 Å². The Balaban J connectivity index is 1.76. The molecule has 0 spiro atoms. The Morgan fingerprint density at radius 2 is 1.74 bits per heavy atom. The highest BCUT2D eigenvalue weighted by Gasteiger charge is 2.13. The highest BCUT2D eigenvalue weighted by atomic mass is 127. The minimum absolute atomic E-state index is 0.111. The quantitative estimate of drug-likeness (QED) is 0.187. The maximum atomic E-state index is 12.4. The van der Waals surface area contributed by atoms with Crippen LogP contribution in [-0.2, 0) is 11.4 Å². The zero-order valence-electron chi connectivity index (χ0n) is 15.8. The van der Waals surface area contributed by atoms with Crippen molar-refractivity contribution in [1.82, 2.24) is 0 Å². The van der Waals surface area contributed by atoms with E-state index in [2.05, 4.69) is 27.9 Å². The van der Waals surface area contributed by atoms with Crippen LogP contribution in [0, 0.1) is 14.9 Å². The molecule has 4 nitrogen and oxygen atoms in total. The third-order valence-corrected chi connectivity index (χ3v) is 5.59. The van der Waals surface area contributed by atoms with Gasteiger partial charge in [-0.25, -0.2) is 0 Å². The molecule has 0 radical (unpaired) electrons. The molecule has 0 heterocycles. The van der Waals surface area contributed by atoms with Crippen molar-refractivity contribution in [2.75, 3.05) is 5.32 Å². The molecular weight excluding hydrogens is 570 g/mol. The van der Waals surface area contributed by atoms with Crippen LogP contribution in [0.2, 0.25) is 15.1 Å². The van der Waals surface area contributed by atoms with Crippen LogP contribution in [0.25, 0.3) is 6.08 Å². The lowest BCUT2D eigenvalue weighted by Gasteiger charge is -2.11. The summed E-state index contributed by atoms with van der Waals surface area (Å²) in [6, 6.07) is 19.6. The number of benzene rings is 3. The Bertz CT molecular complexity index is 1170. The van der Waals surface area contributed by atoms with E-state index in [1.807, 2.05) is 30.3 Å². The van der Waals surface area contributed by atoms with Crippen LogP contribution in [0.1, 0.15) is 11.1 Å². The van der Waals surface area contributed by atoms with Gasteiger partial charge in [0.1, 0.15) is 18.2 Å². The van der Waals surface area contributed by atoms with Crippen molar-refractivity contribution in [1.29, 1.82) is 5.26 Å². The molecule has 0 fully saturated rings. The normalized spacial score (nSPS) is 11.0. The second-order valence-electron chi connectivity index (χ2n) is 6.36. The molecule has 0 aliphatic heterocycles. The molecule has 0 aliphatic rings. The van der Waals surface area contributed by atoms with E-state index in [9.17, 15) is 10.1 Å². The van der Waals surface area contributed by atoms with E-state index in [1.54, 1.807) is 36.4 Å². The molecule has 0 saturated heterocycles. The predicted molar refractivity (Wildman–Crippen MR) is 134 cm³/mol. The second-order valence-corrected chi connectivity index (χ2v) is 8.86. The van der Waals surface area contributed by atoms with Gasteiger partial charge in [-0.1, -0.05) is 53.0 Å². The number of nitriles is 1. The van der Waals surface area contributed by atoms with Gasteiger partial charge in [0.05, 0.1) is 10.0 Å². The number of ether oxygens (including phenoxy) is 1. The number of anilines is 1. The van der Waals surface area contributed by atoms with Crippen molar-refractivity contribution in [3.05, 3.63) is 96.0 Å². The third kappa shape index (κ3) is 6.62. The summed E-state index contributed by atoms with van der Waals surface area (Å²) >= 11 is 20.8. The van der Waals surface area contributed by atoms with Crippen LogP contribution in [-0.4, -0.2) is 5.91 Å². The molecule has 0 atom stereocenters. The van der Waals surface area contributed by atoms with E-state index >= 15 is 0 Å². The zero-order valence-corrected chi connectivity index (χ0v) is 20.3. The van der Waals surface area contributed by atoms with Gasteiger partial charge >= 0.3 is 0 Å². The molecule has 0 bridgehead atoms. The molecule has 0 aliphatic carbocycles. The standard InChI is InChI=1S/C23H14Cl3IN2O2/c24-17-2-1-3-19(11-17)29-23(30)16(12-28)8-15-9-20(25)22(21(26)10-15)31-13-14-4-6-18(27)7-5-14/h1-11H,13H2,(H,29,30)/b16-8+. The van der Waals surface area contributed by atoms with Crippen molar-refractivity contribution in [3.63, 3.8) is 0 Å². The predicted octanol–water partition coefficient (Wildman–Crippen LogP) is 7.38. The summed E-state index contributed by atoms with van der Waals surface area (Å²) in [5, 5.41) is 13.1. The van der Waals surface area contributed by atoms with Crippen LogP contribution < -0.4 is 10.1 Å². The van der Waals surface area contributed by atoms with Gasteiger partial charge in [-0.2, -0.15) is 5.26 Å². The number of nitrogens with zero attached hydrogens (tertiary/aromatic N) is 1. The highest BCUT2D eigenvalue weighted by Crippen LogP contribution is 2.35. The first-order chi connectivity index (χ1) is 14.9. The average Bonchev–Trinajstić information content (AvgIpc) is 2.72. The van der Waals surface area contributed by atoms with Crippen LogP contribution in [0.5, 0.6) is 5.75 Å². The Labute approximate surface area is 208 Å². The second kappa shape index (κ2) is 10.9. The number of hydrogen-bond donors (Lipinski definition) is 1. The zero-order chi connectivity index (χ0) is 22.4. The number of hydrogen-bond acceptors (Lipinski definition) is 3. The first kappa shape index (κ1) is 23.4. The summed E-state index contributed by atoms with van der Waals surface area (Å²) in [5.41, 5.74) is 1.84. The lowest BCUT2D eigenvalue weighted by molar-refractivity contribution is -0.112. The highest BCUT2D eigenvalue weighted by molar-refractivity contribution is 14.1. The lowest BCUT2D eigenvalue weighted by Crippen LogP contribution is -2.13. The Morgan fingerprint density at radius 3 is 2.35 bits per heavy atom. The van der Waals surface area contributed by atoms with E-state index in [0.29, 0.717) is 28.6 Å². The van der Waals surface area contributed by atoms with Crippen LogP contribution in [0.3, 0.4) is 0 Å². The summed E-state index contributed by atoms with van der Waals surface area (Å²) in [6.07, 6.45) is 1.40. The SMILES string of the molecule is N#C/C(=C\c1cc(Cl)c(OCc2ccc(I)cc2)c(Cl)c1)C(=O)Nc1cccc(Cl)c1. The number of amides is 1. The number of carbonyl (C=O) groups excluding carboxylic acids is 1. The molecule has 31 heavy (non-hydrogen) atoms. The molecule has 156 valence electrons. The molecule has 0 saturated carbocycles. The fraction of sp³-hybridized carbons (Fsp3) is 0.0435. The van der Waals surface area contributed by atoms with Gasteiger partial charge in [0.15, 0.2) is 5.75 Å². The average molecular weight is 584 g/mol. The summed E-state index contributed by atoms with van der Waals surface area (Å²) < 4.78 is 6.90. The van der Waals surface area contributed by atoms with Crippen molar-refractivity contribution < 1.29 is 9.53 Å². The van der Waals surface area contributed by atoms with E-state index in [1.165, 1.54) is 6.08 Å². The molecule has 3 aromatic rings. The summed E-state index contributed by atoms with van der Waals surface area (Å²) in [4.78, 5) is 12.4. The first-order valence-corrected chi connectivity index (χ1v) is 11.1. The van der Waals surface area contributed by atoms with Crippen molar-refractivity contribution in [2.45, 2.75) is 6.61 Å². The third-order valence-electron chi connectivity index (χ3n) is 4.08. The molecule has 1 amide bonds. The molecule has 0 aromatic heterocycles. The van der Waals surface area contributed by atoms with E-state index in [4.69, 9.17) is 39.5 Å². The monoisotopic (exact) mass is 582 g/mol. The minimum atomic E-state index is -0.573. The molecule has 8 heteroatoms. The molecule has 3 aromatic carbocycles. The Kier molecular flexibility index (Phi) is 8.22. The van der Waals surface area contributed by atoms with Gasteiger partial charge in [0.25, 0.3) is 5.91 Å². The largest absolute Gasteiger partial charge is 0.486 e. The summed E-state index contributed by atoms with van der Waals surface area (Å²) in [7, 11) is 0. The smallest absolute Gasteiger partial charge is 0.266 e. The number of halogens is 4. The summed E-state index contributed by atoms with van der Waals surface area (Å²) in [6.45, 7) is 0.303. The van der Waals surface area contributed by atoms with Crippen LogP contribution in [0.15, 0.2) is 66.2 Å². The molecule has 3 rings (SSSR count). The molecule has 1 N–H and O–H groups in total. The van der Waals surface area contributed by atoms with Crippen LogP contribution in [0.4, 0.5) is 5.69 Å². The topological polar surface area (TPSA) is 62.1 Å². The van der Waals surface area contributed by atoms with Crippen LogP contribution >= 0.6 is 57.4 Å². The van der Waals surface area contributed by atoms with E-state index in [0.717, 1.165) is 9.13 Å². The summed E-state index contributed by atoms with van der Waals surface area (Å²) in [5.74, 6) is -0.239. The molecular formula is C23H14Cl3IN2O2. The first-order valence-electron chi connectivity index (χ1n) is 8.90. The number of rotatable bonds is 6. The fourth-order valence-electron chi connectivity index (χ4n) is 2.62. The van der Waals surface area contributed by atoms with Gasteiger partial charge < -0.3 is 10.1 Å². The van der Waals surface area contributed by atoms with Gasteiger partial charge in [-0.05, 0) is 82.3 Å². The maximum Gasteiger partial charge on any atom is 0.266 e. The number of nitrogens with one attached hydrogen (secondary N) is 1. The fourth-order valence-corrected chi connectivity index (χ4v) is 3.78. The Morgan fingerprint density at radius 1 is 1.06 bits per heavy atom. The maximum absolute atomic E-state index is 12.4. The van der Waals surface area contributed by atoms with Crippen molar-refractivity contribution in [2.24, 2.45) is 0 Å². The van der Waals surface area contributed by atoms with Gasteiger partial charge in [0.2, 0.25) is 0 Å². The number of carbonyl (C=O) groups is 1. The lowest BCUT2D eigenvalue weighted by atomic mass is 10.1.